The first-order valence-electron chi connectivity index (χ1n) is 6.16. The van der Waals surface area contributed by atoms with Crippen molar-refractivity contribution < 1.29 is 9.21 Å². The van der Waals surface area contributed by atoms with Gasteiger partial charge in [0.15, 0.2) is 5.76 Å². The molecule has 2 saturated carbocycles. The molecule has 3 nitrogen and oxygen atoms in total. The summed E-state index contributed by atoms with van der Waals surface area (Å²) in [6.07, 6.45) is 6.97. The van der Waals surface area contributed by atoms with Crippen molar-refractivity contribution in [3.05, 3.63) is 24.2 Å². The van der Waals surface area contributed by atoms with Crippen molar-refractivity contribution in [2.24, 2.45) is 17.8 Å². The maximum absolute atomic E-state index is 11.7. The smallest absolute Gasteiger partial charge is 0.286 e. The van der Waals surface area contributed by atoms with Gasteiger partial charge in [-0.2, -0.15) is 0 Å². The van der Waals surface area contributed by atoms with E-state index in [1.165, 1.54) is 31.9 Å². The van der Waals surface area contributed by atoms with Gasteiger partial charge in [0.2, 0.25) is 0 Å². The van der Waals surface area contributed by atoms with E-state index in [1.54, 1.807) is 12.1 Å². The van der Waals surface area contributed by atoms with E-state index in [-0.39, 0.29) is 5.91 Å². The number of rotatable bonds is 5. The molecule has 1 N–H and O–H groups in total. The molecule has 0 unspecified atom stereocenters. The first-order valence-corrected chi connectivity index (χ1v) is 6.16. The molecule has 16 heavy (non-hydrogen) atoms. The van der Waals surface area contributed by atoms with Crippen LogP contribution in [-0.4, -0.2) is 12.5 Å². The molecule has 0 aromatic carbocycles. The van der Waals surface area contributed by atoms with Gasteiger partial charge in [-0.15, -0.1) is 0 Å². The Morgan fingerprint density at radius 1 is 1.38 bits per heavy atom. The van der Waals surface area contributed by atoms with Gasteiger partial charge in [0.05, 0.1) is 6.26 Å². The van der Waals surface area contributed by atoms with Crippen LogP contribution >= 0.6 is 0 Å². The molecular formula is C13H17NO2. The van der Waals surface area contributed by atoms with Crippen molar-refractivity contribution in [3.8, 4) is 0 Å². The monoisotopic (exact) mass is 219 g/mol. The van der Waals surface area contributed by atoms with E-state index in [4.69, 9.17) is 4.42 Å². The normalized spacial score (nSPS) is 20.1. The largest absolute Gasteiger partial charge is 0.459 e. The van der Waals surface area contributed by atoms with Crippen molar-refractivity contribution in [1.29, 1.82) is 0 Å². The number of nitrogens with one attached hydrogen (secondary N) is 1. The Bertz CT molecular complexity index is 351. The first kappa shape index (κ1) is 9.94. The summed E-state index contributed by atoms with van der Waals surface area (Å²) in [7, 11) is 0. The fourth-order valence-corrected chi connectivity index (χ4v) is 2.47. The Hall–Kier alpha value is -1.25. The van der Waals surface area contributed by atoms with E-state index in [0.29, 0.717) is 5.76 Å². The Kier molecular flexibility index (Phi) is 2.46. The van der Waals surface area contributed by atoms with Crippen molar-refractivity contribution in [2.75, 3.05) is 6.54 Å². The van der Waals surface area contributed by atoms with Crippen molar-refractivity contribution in [1.82, 2.24) is 5.32 Å². The standard InChI is InChI=1S/C13H17NO2/c15-13(12-2-1-7-16-12)14-8-11(9-3-4-9)10-5-6-10/h1-2,7,9-11H,3-6,8H2,(H,14,15). The zero-order valence-electron chi connectivity index (χ0n) is 9.32. The fraction of sp³-hybridized carbons (Fsp3) is 0.615. The molecular weight excluding hydrogens is 202 g/mol. The van der Waals surface area contributed by atoms with E-state index in [1.807, 2.05) is 0 Å². The summed E-state index contributed by atoms with van der Waals surface area (Å²) in [5.74, 6) is 2.83. The molecule has 0 spiro atoms. The van der Waals surface area contributed by atoms with Crippen LogP contribution in [0.5, 0.6) is 0 Å². The third-order valence-electron chi connectivity index (χ3n) is 3.70. The van der Waals surface area contributed by atoms with E-state index in [2.05, 4.69) is 5.32 Å². The summed E-state index contributed by atoms with van der Waals surface area (Å²) in [5.41, 5.74) is 0. The van der Waals surface area contributed by atoms with Crippen LogP contribution in [0, 0.1) is 17.8 Å². The average molecular weight is 219 g/mol. The molecule has 86 valence electrons. The summed E-state index contributed by atoms with van der Waals surface area (Å²) < 4.78 is 5.07. The van der Waals surface area contributed by atoms with Gasteiger partial charge >= 0.3 is 0 Å². The highest BCUT2D eigenvalue weighted by atomic mass is 16.3. The van der Waals surface area contributed by atoms with Crippen LogP contribution in [0.4, 0.5) is 0 Å². The lowest BCUT2D eigenvalue weighted by Crippen LogP contribution is -2.30. The van der Waals surface area contributed by atoms with Crippen molar-refractivity contribution >= 4 is 5.91 Å². The summed E-state index contributed by atoms with van der Waals surface area (Å²) >= 11 is 0. The van der Waals surface area contributed by atoms with Crippen molar-refractivity contribution in [2.45, 2.75) is 25.7 Å². The number of carbonyl (C=O) groups excluding carboxylic acids is 1. The quantitative estimate of drug-likeness (QED) is 0.826. The molecule has 1 amide bonds. The number of hydrogen-bond acceptors (Lipinski definition) is 2. The Labute approximate surface area is 95.2 Å². The topological polar surface area (TPSA) is 42.2 Å². The Balaban J connectivity index is 1.53. The van der Waals surface area contributed by atoms with Crippen LogP contribution in [0.3, 0.4) is 0 Å². The summed E-state index contributed by atoms with van der Waals surface area (Å²) in [6, 6.07) is 3.45. The Morgan fingerprint density at radius 2 is 2.06 bits per heavy atom. The van der Waals surface area contributed by atoms with Crippen LogP contribution in [0.1, 0.15) is 36.2 Å². The molecule has 1 aromatic heterocycles. The lowest BCUT2D eigenvalue weighted by atomic mass is 9.98. The third kappa shape index (κ3) is 2.13. The number of hydrogen-bond donors (Lipinski definition) is 1. The zero-order valence-corrected chi connectivity index (χ0v) is 9.32. The first-order chi connectivity index (χ1) is 7.84. The highest BCUT2D eigenvalue weighted by molar-refractivity contribution is 5.91. The molecule has 2 aliphatic carbocycles. The predicted octanol–water partition coefficient (Wildman–Crippen LogP) is 2.45. The van der Waals surface area contributed by atoms with Crippen LogP contribution < -0.4 is 5.32 Å². The molecule has 1 heterocycles. The minimum Gasteiger partial charge on any atom is -0.459 e. The molecule has 1 aromatic rings. The van der Waals surface area contributed by atoms with Gasteiger partial charge in [0.1, 0.15) is 0 Å². The second-order valence-electron chi connectivity index (χ2n) is 5.03. The highest BCUT2D eigenvalue weighted by Crippen LogP contribution is 2.48. The van der Waals surface area contributed by atoms with Crippen LogP contribution in [0.2, 0.25) is 0 Å². The highest BCUT2D eigenvalue weighted by Gasteiger charge is 2.41. The summed E-state index contributed by atoms with van der Waals surface area (Å²) in [4.78, 5) is 11.7. The number of furan rings is 1. The molecule has 3 heteroatoms. The second kappa shape index (κ2) is 3.96. The van der Waals surface area contributed by atoms with Gasteiger partial charge in [0, 0.05) is 6.54 Å². The predicted molar refractivity (Wildman–Crippen MR) is 60.0 cm³/mol. The van der Waals surface area contributed by atoms with Gasteiger partial charge in [0.25, 0.3) is 5.91 Å². The lowest BCUT2D eigenvalue weighted by molar-refractivity contribution is 0.0915. The van der Waals surface area contributed by atoms with E-state index < -0.39 is 0 Å². The van der Waals surface area contributed by atoms with Gasteiger partial charge in [-0.25, -0.2) is 0 Å². The lowest BCUT2D eigenvalue weighted by Gasteiger charge is -2.15. The molecule has 0 bridgehead atoms. The molecule has 0 radical (unpaired) electrons. The minimum atomic E-state index is -0.0729. The van der Waals surface area contributed by atoms with Gasteiger partial charge in [-0.1, -0.05) is 0 Å². The third-order valence-corrected chi connectivity index (χ3v) is 3.70. The molecule has 2 fully saturated rings. The number of carbonyl (C=O) groups is 1. The zero-order chi connectivity index (χ0) is 11.0. The van der Waals surface area contributed by atoms with E-state index >= 15 is 0 Å². The van der Waals surface area contributed by atoms with Crippen LogP contribution in [0.25, 0.3) is 0 Å². The summed E-state index contributed by atoms with van der Waals surface area (Å²) in [5, 5.41) is 3.00. The minimum absolute atomic E-state index is 0.0729. The molecule has 0 saturated heterocycles. The van der Waals surface area contributed by atoms with Gasteiger partial charge in [-0.3, -0.25) is 4.79 Å². The average Bonchev–Trinajstić information content (AvgIpc) is 3.21. The van der Waals surface area contributed by atoms with Crippen LogP contribution in [0.15, 0.2) is 22.8 Å². The van der Waals surface area contributed by atoms with E-state index in [0.717, 1.165) is 24.3 Å². The Morgan fingerprint density at radius 3 is 2.56 bits per heavy atom. The molecule has 0 atom stereocenters. The van der Waals surface area contributed by atoms with Crippen molar-refractivity contribution in [3.63, 3.8) is 0 Å². The van der Waals surface area contributed by atoms with Gasteiger partial charge < -0.3 is 9.73 Å². The van der Waals surface area contributed by atoms with Gasteiger partial charge in [-0.05, 0) is 55.6 Å². The summed E-state index contributed by atoms with van der Waals surface area (Å²) in [6.45, 7) is 0.828. The van der Waals surface area contributed by atoms with Crippen LogP contribution in [-0.2, 0) is 0 Å². The molecule has 0 aliphatic heterocycles. The maximum Gasteiger partial charge on any atom is 0.286 e. The number of amides is 1. The second-order valence-corrected chi connectivity index (χ2v) is 5.03. The maximum atomic E-state index is 11.7. The molecule has 2 aliphatic rings. The fourth-order valence-electron chi connectivity index (χ4n) is 2.47. The molecule has 3 rings (SSSR count). The SMILES string of the molecule is O=C(NCC(C1CC1)C1CC1)c1ccco1. The van der Waals surface area contributed by atoms with E-state index in [9.17, 15) is 4.79 Å².